The Kier molecular flexibility index (Phi) is 3.89. The molecule has 3 saturated heterocycles. The van der Waals surface area contributed by atoms with Gasteiger partial charge in [0.25, 0.3) is 11.8 Å². The van der Waals surface area contributed by atoms with Crippen LogP contribution in [0.15, 0.2) is 18.2 Å². The largest absolute Gasteiger partial charge is 0.315 e. The first-order valence-electron chi connectivity index (χ1n) is 9.76. The Morgan fingerprint density at radius 2 is 1.89 bits per heavy atom. The number of rotatable bonds is 4. The number of piperidine rings is 3. The molecule has 1 aromatic carbocycles. The van der Waals surface area contributed by atoms with E-state index in [0.717, 1.165) is 29.5 Å². The van der Waals surface area contributed by atoms with E-state index in [1.807, 2.05) is 6.07 Å². The van der Waals surface area contributed by atoms with Gasteiger partial charge in [-0.1, -0.05) is 6.07 Å². The maximum Gasteiger partial charge on any atom is 0.262 e. The highest BCUT2D eigenvalue weighted by Crippen LogP contribution is 2.40. The van der Waals surface area contributed by atoms with Gasteiger partial charge in [-0.15, -0.1) is 0 Å². The van der Waals surface area contributed by atoms with Gasteiger partial charge in [-0.05, 0) is 49.4 Å². The van der Waals surface area contributed by atoms with Gasteiger partial charge in [0.1, 0.15) is 6.04 Å². The highest BCUT2D eigenvalue weighted by atomic mass is 16.2. The zero-order valence-electron chi connectivity index (χ0n) is 15.4. The summed E-state index contributed by atoms with van der Waals surface area (Å²) in [5, 5.41) is 9.26. The normalized spacial score (nSPS) is 31.5. The van der Waals surface area contributed by atoms with Crippen molar-refractivity contribution < 1.29 is 19.2 Å². The SMILES string of the molecule is O=C1CCC(N2C(=O)c3ccc(CNC45CNCC(C4)C5)cc3C2=O)C(=O)N1. The zero-order valence-corrected chi connectivity index (χ0v) is 15.4. The Morgan fingerprint density at radius 1 is 1.11 bits per heavy atom. The molecule has 8 heteroatoms. The average Bonchev–Trinajstić information content (AvgIpc) is 2.91. The van der Waals surface area contributed by atoms with Crippen molar-refractivity contribution in [2.75, 3.05) is 13.1 Å². The van der Waals surface area contributed by atoms with E-state index in [-0.39, 0.29) is 24.3 Å². The van der Waals surface area contributed by atoms with Crippen LogP contribution in [0.1, 0.15) is 52.0 Å². The molecule has 6 rings (SSSR count). The molecule has 8 nitrogen and oxygen atoms in total. The first-order chi connectivity index (χ1) is 13.5. The second-order valence-corrected chi connectivity index (χ2v) is 8.37. The lowest BCUT2D eigenvalue weighted by atomic mass is 9.65. The van der Waals surface area contributed by atoms with Crippen LogP contribution in [0.4, 0.5) is 0 Å². The number of nitrogens with zero attached hydrogens (tertiary/aromatic N) is 1. The van der Waals surface area contributed by atoms with Crippen LogP contribution in [0.5, 0.6) is 0 Å². The zero-order chi connectivity index (χ0) is 19.5. The summed E-state index contributed by atoms with van der Waals surface area (Å²) in [5.41, 5.74) is 1.73. The fraction of sp³-hybridized carbons (Fsp3) is 0.500. The van der Waals surface area contributed by atoms with Crippen LogP contribution < -0.4 is 16.0 Å². The first kappa shape index (κ1) is 17.5. The molecule has 0 radical (unpaired) electrons. The Bertz CT molecular complexity index is 900. The van der Waals surface area contributed by atoms with Crippen molar-refractivity contribution in [3.8, 4) is 0 Å². The standard InChI is InChI=1S/C20H22N4O4/c25-16-4-3-15(17(26)23-16)24-18(27)13-2-1-11(5-14(13)19(24)28)9-22-20-6-12(7-20)8-21-10-20/h1-2,5,12,15,21-22H,3-4,6-10H2,(H,23,25,26). The summed E-state index contributed by atoms with van der Waals surface area (Å²) in [6, 6.07) is 4.34. The van der Waals surface area contributed by atoms with Crippen LogP contribution in [0, 0.1) is 5.92 Å². The third-order valence-electron chi connectivity index (χ3n) is 6.43. The van der Waals surface area contributed by atoms with Gasteiger partial charge in [0.2, 0.25) is 11.8 Å². The van der Waals surface area contributed by atoms with E-state index in [0.29, 0.717) is 17.7 Å². The van der Waals surface area contributed by atoms with Crippen LogP contribution in [0.2, 0.25) is 0 Å². The Balaban J connectivity index is 1.33. The van der Waals surface area contributed by atoms with Gasteiger partial charge in [0, 0.05) is 25.0 Å². The molecule has 5 aliphatic rings. The lowest BCUT2D eigenvalue weighted by molar-refractivity contribution is -0.136. The highest BCUT2D eigenvalue weighted by molar-refractivity contribution is 6.23. The van der Waals surface area contributed by atoms with E-state index in [1.54, 1.807) is 12.1 Å². The minimum atomic E-state index is -0.925. The fourth-order valence-electron chi connectivity index (χ4n) is 4.97. The Morgan fingerprint density at radius 3 is 2.61 bits per heavy atom. The van der Waals surface area contributed by atoms with Crippen LogP contribution in [0.25, 0.3) is 0 Å². The minimum absolute atomic E-state index is 0.121. The molecule has 0 aromatic heterocycles. The van der Waals surface area contributed by atoms with Gasteiger partial charge in [0.05, 0.1) is 11.1 Å². The number of hydrogen-bond donors (Lipinski definition) is 3. The van der Waals surface area contributed by atoms with Crippen molar-refractivity contribution in [2.24, 2.45) is 5.92 Å². The maximum absolute atomic E-state index is 12.9. The van der Waals surface area contributed by atoms with Crippen molar-refractivity contribution >= 4 is 23.6 Å². The summed E-state index contributed by atoms with van der Waals surface area (Å²) in [7, 11) is 0. The molecule has 4 aliphatic heterocycles. The van der Waals surface area contributed by atoms with Crippen molar-refractivity contribution in [3.63, 3.8) is 0 Å². The third-order valence-corrected chi connectivity index (χ3v) is 6.43. The molecule has 0 spiro atoms. The topological polar surface area (TPSA) is 108 Å². The molecule has 1 aliphatic carbocycles. The minimum Gasteiger partial charge on any atom is -0.315 e. The van der Waals surface area contributed by atoms with E-state index in [1.165, 1.54) is 12.8 Å². The molecule has 2 bridgehead atoms. The average molecular weight is 382 g/mol. The van der Waals surface area contributed by atoms with E-state index < -0.39 is 23.8 Å². The summed E-state index contributed by atoms with van der Waals surface area (Å²) in [6.07, 6.45) is 2.63. The van der Waals surface area contributed by atoms with Crippen LogP contribution in [-0.4, -0.2) is 53.2 Å². The van der Waals surface area contributed by atoms with Gasteiger partial charge < -0.3 is 10.6 Å². The van der Waals surface area contributed by atoms with Gasteiger partial charge >= 0.3 is 0 Å². The van der Waals surface area contributed by atoms with Crippen molar-refractivity contribution in [2.45, 2.75) is 43.8 Å². The summed E-state index contributed by atoms with van der Waals surface area (Å²) < 4.78 is 0. The number of hydrogen-bond acceptors (Lipinski definition) is 6. The molecule has 1 atom stereocenters. The van der Waals surface area contributed by atoms with Crippen LogP contribution >= 0.6 is 0 Å². The van der Waals surface area contributed by atoms with Gasteiger partial charge in [-0.25, -0.2) is 0 Å². The summed E-state index contributed by atoms with van der Waals surface area (Å²) >= 11 is 0. The predicted octanol–water partition coefficient (Wildman–Crippen LogP) is -0.0706. The predicted molar refractivity (Wildman–Crippen MR) is 98.3 cm³/mol. The van der Waals surface area contributed by atoms with Crippen molar-refractivity contribution in [1.29, 1.82) is 0 Å². The Labute approximate surface area is 162 Å². The molecule has 1 aromatic rings. The monoisotopic (exact) mass is 382 g/mol. The highest BCUT2D eigenvalue weighted by Gasteiger charge is 2.47. The number of benzene rings is 1. The summed E-state index contributed by atoms with van der Waals surface area (Å²) in [4.78, 5) is 50.1. The fourth-order valence-corrected chi connectivity index (χ4v) is 4.97. The van der Waals surface area contributed by atoms with E-state index in [2.05, 4.69) is 16.0 Å². The van der Waals surface area contributed by atoms with E-state index in [9.17, 15) is 19.2 Å². The molecule has 1 unspecified atom stereocenters. The molecule has 4 heterocycles. The third kappa shape index (κ3) is 2.67. The number of carbonyl (C=O) groups excluding carboxylic acids is 4. The molecule has 1 saturated carbocycles. The second-order valence-electron chi connectivity index (χ2n) is 8.37. The number of amides is 4. The van der Waals surface area contributed by atoms with Crippen molar-refractivity contribution in [1.82, 2.24) is 20.9 Å². The quantitative estimate of drug-likeness (QED) is 0.630. The second kappa shape index (κ2) is 6.22. The molecule has 28 heavy (non-hydrogen) atoms. The van der Waals surface area contributed by atoms with E-state index >= 15 is 0 Å². The van der Waals surface area contributed by atoms with Crippen LogP contribution in [0.3, 0.4) is 0 Å². The van der Waals surface area contributed by atoms with Gasteiger partial charge in [-0.3, -0.25) is 29.4 Å². The van der Waals surface area contributed by atoms with E-state index in [4.69, 9.17) is 0 Å². The summed E-state index contributed by atoms with van der Waals surface area (Å²) in [5.74, 6) is -1.14. The lowest BCUT2D eigenvalue weighted by Gasteiger charge is -2.53. The molecular formula is C20H22N4O4. The number of imide groups is 2. The molecule has 3 N–H and O–H groups in total. The number of nitrogens with one attached hydrogen (secondary N) is 3. The first-order valence-corrected chi connectivity index (χ1v) is 9.76. The maximum atomic E-state index is 12.9. The summed E-state index contributed by atoms with van der Waals surface area (Å²) in [6.45, 7) is 2.67. The molecular weight excluding hydrogens is 360 g/mol. The van der Waals surface area contributed by atoms with Crippen molar-refractivity contribution in [3.05, 3.63) is 34.9 Å². The smallest absolute Gasteiger partial charge is 0.262 e. The lowest BCUT2D eigenvalue weighted by Crippen LogP contribution is -2.66. The van der Waals surface area contributed by atoms with Gasteiger partial charge in [-0.2, -0.15) is 0 Å². The molecule has 146 valence electrons. The Hall–Kier alpha value is -2.58. The molecule has 4 amide bonds. The molecule has 4 fully saturated rings. The number of fused-ring (bicyclic) bond motifs is 3. The van der Waals surface area contributed by atoms with Crippen LogP contribution in [-0.2, 0) is 16.1 Å². The van der Waals surface area contributed by atoms with Gasteiger partial charge in [0.15, 0.2) is 0 Å². The number of carbonyl (C=O) groups is 4.